The maximum atomic E-state index is 12.9. The lowest BCUT2D eigenvalue weighted by atomic mass is 9.96. The Morgan fingerprint density at radius 3 is 2.58 bits per heavy atom. The Morgan fingerprint density at radius 2 is 1.79 bits per heavy atom. The maximum Gasteiger partial charge on any atom is 0.262 e. The molecule has 3 aromatic carbocycles. The van der Waals surface area contributed by atoms with Crippen LogP contribution in [0, 0.1) is 4.77 Å². The number of aliphatic imine (C=N–C) groups is 1. The average Bonchev–Trinajstić information content (AvgIpc) is 3.21. The summed E-state index contributed by atoms with van der Waals surface area (Å²) in [5, 5.41) is 11.2. The topological polar surface area (TPSA) is 79.6 Å². The Kier molecular flexibility index (Phi) is 5.24. The van der Waals surface area contributed by atoms with Crippen molar-refractivity contribution >= 4 is 35.3 Å². The largest absolute Gasteiger partial charge is 0.497 e. The van der Waals surface area contributed by atoms with Crippen molar-refractivity contribution in [3.63, 3.8) is 0 Å². The van der Waals surface area contributed by atoms with Gasteiger partial charge in [0.25, 0.3) is 5.56 Å². The van der Waals surface area contributed by atoms with E-state index in [4.69, 9.17) is 21.9 Å². The lowest BCUT2D eigenvalue weighted by molar-refractivity contribution is 0.413. The minimum Gasteiger partial charge on any atom is -0.497 e. The lowest BCUT2D eigenvalue weighted by Crippen LogP contribution is -2.16. The number of nitrogens with zero attached hydrogens (tertiary/aromatic N) is 2. The molecule has 6 nitrogen and oxygen atoms in total. The molecular formula is C26H19N3O3S. The summed E-state index contributed by atoms with van der Waals surface area (Å²) in [5.41, 5.74) is 4.23. The summed E-state index contributed by atoms with van der Waals surface area (Å²) in [6.07, 6.45) is 1.66. The van der Waals surface area contributed by atoms with E-state index < -0.39 is 5.56 Å². The van der Waals surface area contributed by atoms with Crippen molar-refractivity contribution in [3.8, 4) is 17.3 Å². The fraction of sp³-hybridized carbons (Fsp3) is 0.0385. The van der Waals surface area contributed by atoms with Crippen LogP contribution in [0.2, 0.25) is 0 Å². The Morgan fingerprint density at radius 1 is 1.03 bits per heavy atom. The smallest absolute Gasteiger partial charge is 0.262 e. The van der Waals surface area contributed by atoms with Crippen LogP contribution in [0.1, 0.15) is 16.7 Å². The summed E-state index contributed by atoms with van der Waals surface area (Å²) in [4.78, 5) is 20.4. The van der Waals surface area contributed by atoms with Gasteiger partial charge in [0, 0.05) is 22.8 Å². The van der Waals surface area contributed by atoms with E-state index in [0.29, 0.717) is 11.4 Å². The summed E-state index contributed by atoms with van der Waals surface area (Å²) in [6, 6.07) is 24.5. The van der Waals surface area contributed by atoms with Crippen molar-refractivity contribution in [2.45, 2.75) is 0 Å². The summed E-state index contributed by atoms with van der Waals surface area (Å²) < 4.78 is 6.78. The van der Waals surface area contributed by atoms with Crippen LogP contribution in [0.4, 0.5) is 5.69 Å². The number of nitrogens with one attached hydrogen (secondary N) is 1. The first-order valence-electron chi connectivity index (χ1n) is 10.2. The Balaban J connectivity index is 1.74. The number of H-pyrrole nitrogens is 1. The highest BCUT2D eigenvalue weighted by atomic mass is 32.1. The van der Waals surface area contributed by atoms with Crippen molar-refractivity contribution in [1.82, 2.24) is 9.55 Å². The van der Waals surface area contributed by atoms with Gasteiger partial charge in [0.05, 0.1) is 24.2 Å². The van der Waals surface area contributed by atoms with Gasteiger partial charge in [0.1, 0.15) is 11.3 Å². The van der Waals surface area contributed by atoms with E-state index in [0.717, 1.165) is 28.1 Å². The van der Waals surface area contributed by atoms with Crippen LogP contribution >= 0.6 is 12.2 Å². The van der Waals surface area contributed by atoms with Gasteiger partial charge in [0.2, 0.25) is 5.88 Å². The van der Waals surface area contributed by atoms with E-state index in [2.05, 4.69) is 4.98 Å². The molecule has 1 aliphatic heterocycles. The molecule has 0 aliphatic carbocycles. The fourth-order valence-corrected chi connectivity index (χ4v) is 4.16. The van der Waals surface area contributed by atoms with Gasteiger partial charge in [-0.15, -0.1) is 0 Å². The van der Waals surface area contributed by atoms with Gasteiger partial charge in [0.15, 0.2) is 4.77 Å². The zero-order valence-electron chi connectivity index (χ0n) is 17.6. The molecule has 5 rings (SSSR count). The number of rotatable bonds is 4. The monoisotopic (exact) mass is 453 g/mol. The van der Waals surface area contributed by atoms with Crippen LogP contribution in [-0.2, 0) is 0 Å². The number of benzene rings is 3. The fourth-order valence-electron chi connectivity index (χ4n) is 3.87. The highest BCUT2D eigenvalue weighted by Crippen LogP contribution is 2.38. The summed E-state index contributed by atoms with van der Waals surface area (Å²) >= 11 is 5.36. The standard InChI is InChI=1S/C26H19N3O3S/c1-32-18-11-7-10-17(14-18)29-25(31)21(24(30)28-26(29)33)15-20-19-12-5-6-13-22(19)27-23(20)16-8-3-2-4-9-16/h2-15,31H,1H3,(H,28,30,33). The van der Waals surface area contributed by atoms with Crippen molar-refractivity contribution in [2.24, 2.45) is 4.99 Å². The van der Waals surface area contributed by atoms with Crippen LogP contribution in [0.25, 0.3) is 17.3 Å². The van der Waals surface area contributed by atoms with Crippen LogP contribution in [0.3, 0.4) is 0 Å². The number of allylic oxidation sites excluding steroid dienone is 1. The third-order valence-electron chi connectivity index (χ3n) is 5.45. The third kappa shape index (κ3) is 3.68. The number of methoxy groups -OCH3 is 1. The number of ether oxygens (including phenoxy) is 1. The molecule has 0 saturated carbocycles. The molecule has 0 radical (unpaired) electrons. The molecule has 162 valence electrons. The molecule has 2 heterocycles. The average molecular weight is 454 g/mol. The quantitative estimate of drug-likeness (QED) is 0.412. The van der Waals surface area contributed by atoms with E-state index in [1.165, 1.54) is 4.57 Å². The SMILES string of the molecule is COc1cccc(-n2c(O)c(C=C3C(c4ccccc4)=Nc4ccccc43)c(=O)[nH]c2=S)c1. The van der Waals surface area contributed by atoms with Crippen LogP contribution < -0.4 is 10.3 Å². The molecule has 0 amide bonds. The number of para-hydroxylation sites is 1. The zero-order chi connectivity index (χ0) is 22.9. The molecule has 1 aliphatic rings. The predicted octanol–water partition coefficient (Wildman–Crippen LogP) is 5.28. The highest BCUT2D eigenvalue weighted by molar-refractivity contribution is 7.71. The number of hydrogen-bond acceptors (Lipinski definition) is 5. The Bertz CT molecular complexity index is 1550. The predicted molar refractivity (Wildman–Crippen MR) is 132 cm³/mol. The summed E-state index contributed by atoms with van der Waals surface area (Å²) in [5.74, 6) is 0.337. The first-order chi connectivity index (χ1) is 16.1. The zero-order valence-corrected chi connectivity index (χ0v) is 18.5. The molecule has 1 aromatic heterocycles. The van der Waals surface area contributed by atoms with Gasteiger partial charge in [-0.1, -0.05) is 54.6 Å². The van der Waals surface area contributed by atoms with Crippen LogP contribution in [-0.4, -0.2) is 27.5 Å². The van der Waals surface area contributed by atoms with Crippen molar-refractivity contribution in [2.75, 3.05) is 7.11 Å². The number of hydrogen-bond donors (Lipinski definition) is 2. The molecule has 7 heteroatoms. The second-order valence-electron chi connectivity index (χ2n) is 7.44. The minimum atomic E-state index is -0.485. The van der Waals surface area contributed by atoms with E-state index >= 15 is 0 Å². The van der Waals surface area contributed by atoms with E-state index in [1.807, 2.05) is 54.6 Å². The molecule has 2 N–H and O–H groups in total. The Hall–Kier alpha value is -4.23. The van der Waals surface area contributed by atoms with Gasteiger partial charge in [-0.25, -0.2) is 4.99 Å². The molecule has 0 atom stereocenters. The molecule has 0 bridgehead atoms. The number of fused-ring (bicyclic) bond motifs is 1. The number of aromatic hydroxyl groups is 1. The minimum absolute atomic E-state index is 0.0803. The van der Waals surface area contributed by atoms with E-state index in [9.17, 15) is 9.90 Å². The molecule has 0 fully saturated rings. The molecule has 4 aromatic rings. The van der Waals surface area contributed by atoms with Gasteiger partial charge < -0.3 is 9.84 Å². The molecule has 0 unspecified atom stereocenters. The maximum absolute atomic E-state index is 12.9. The molecular weight excluding hydrogens is 434 g/mol. The van der Waals surface area contributed by atoms with Gasteiger partial charge in [-0.05, 0) is 36.5 Å². The second-order valence-corrected chi connectivity index (χ2v) is 7.82. The van der Waals surface area contributed by atoms with Gasteiger partial charge in [-0.3, -0.25) is 14.3 Å². The molecule has 0 spiro atoms. The molecule has 0 saturated heterocycles. The number of aromatic amines is 1. The Labute approximate surface area is 194 Å². The van der Waals surface area contributed by atoms with Gasteiger partial charge >= 0.3 is 0 Å². The highest BCUT2D eigenvalue weighted by Gasteiger charge is 2.23. The molecule has 33 heavy (non-hydrogen) atoms. The first-order valence-corrected chi connectivity index (χ1v) is 10.7. The van der Waals surface area contributed by atoms with Crippen molar-refractivity contribution in [1.29, 1.82) is 0 Å². The lowest BCUT2D eigenvalue weighted by Gasteiger charge is -2.13. The van der Waals surface area contributed by atoms with Crippen molar-refractivity contribution < 1.29 is 9.84 Å². The van der Waals surface area contributed by atoms with Crippen molar-refractivity contribution in [3.05, 3.63) is 111 Å². The van der Waals surface area contributed by atoms with E-state index in [1.54, 1.807) is 37.5 Å². The number of aromatic nitrogens is 2. The third-order valence-corrected chi connectivity index (χ3v) is 5.73. The van der Waals surface area contributed by atoms with Crippen LogP contribution in [0.5, 0.6) is 11.6 Å². The van der Waals surface area contributed by atoms with E-state index in [-0.39, 0.29) is 16.2 Å². The normalized spacial score (nSPS) is 13.6. The summed E-state index contributed by atoms with van der Waals surface area (Å²) in [6.45, 7) is 0. The van der Waals surface area contributed by atoms with Crippen LogP contribution in [0.15, 0.2) is 88.6 Å². The second kappa shape index (κ2) is 8.37. The summed E-state index contributed by atoms with van der Waals surface area (Å²) in [7, 11) is 1.56. The van der Waals surface area contributed by atoms with Gasteiger partial charge in [-0.2, -0.15) is 0 Å². The first kappa shape index (κ1) is 20.7.